The van der Waals surface area contributed by atoms with Crippen LogP contribution in [0.4, 0.5) is 27.4 Å². The lowest BCUT2D eigenvalue weighted by molar-refractivity contribution is -0.384. The van der Waals surface area contributed by atoms with Gasteiger partial charge >= 0.3 is 0 Å². The predicted octanol–water partition coefficient (Wildman–Crippen LogP) is 5.16. The lowest BCUT2D eigenvalue weighted by Gasteiger charge is -2.09. The van der Waals surface area contributed by atoms with Crippen LogP contribution in [0.25, 0.3) is 22.6 Å². The highest BCUT2D eigenvalue weighted by molar-refractivity contribution is 6.32. The summed E-state index contributed by atoms with van der Waals surface area (Å²) in [6, 6.07) is 13.6. The first kappa shape index (κ1) is 21.9. The number of furan rings is 1. The molecule has 0 unspecified atom stereocenters. The minimum absolute atomic E-state index is 0.0245. The van der Waals surface area contributed by atoms with Gasteiger partial charge in [-0.1, -0.05) is 23.7 Å². The first-order valence-corrected chi connectivity index (χ1v) is 10.2. The molecule has 0 bridgehead atoms. The van der Waals surface area contributed by atoms with Gasteiger partial charge in [0, 0.05) is 11.6 Å². The molecule has 0 aliphatic heterocycles. The third-order valence-corrected chi connectivity index (χ3v) is 4.98. The van der Waals surface area contributed by atoms with Crippen LogP contribution in [0.5, 0.6) is 0 Å². The monoisotopic (exact) mass is 494 g/mol. The number of hydrogen-bond acceptors (Lipinski definition) is 11. The van der Waals surface area contributed by atoms with Gasteiger partial charge < -0.3 is 9.73 Å². The predicted molar refractivity (Wildman–Crippen MR) is 124 cm³/mol. The third kappa shape index (κ3) is 4.60. The zero-order chi connectivity index (χ0) is 24.4. The van der Waals surface area contributed by atoms with E-state index in [1.807, 2.05) is 0 Å². The zero-order valence-corrected chi connectivity index (χ0v) is 18.1. The van der Waals surface area contributed by atoms with Gasteiger partial charge in [-0.05, 0) is 46.7 Å². The highest BCUT2D eigenvalue weighted by Gasteiger charge is 2.16. The SMILES string of the molecule is O=[N+]([O-])c1cc(-c2ccc(C=NNc3nc4nonc4nc3Nc3ccccc3F)o2)ccc1Cl. The smallest absolute Gasteiger partial charge is 0.288 e. The van der Waals surface area contributed by atoms with E-state index in [9.17, 15) is 14.5 Å². The fourth-order valence-corrected chi connectivity index (χ4v) is 3.22. The molecule has 3 heterocycles. The molecule has 3 aromatic heterocycles. The molecule has 0 radical (unpaired) electrons. The van der Waals surface area contributed by atoms with Crippen LogP contribution < -0.4 is 10.7 Å². The van der Waals surface area contributed by atoms with Crippen LogP contribution in [0, 0.1) is 15.9 Å². The summed E-state index contributed by atoms with van der Waals surface area (Å²) in [7, 11) is 0. The van der Waals surface area contributed by atoms with Crippen molar-refractivity contribution in [3.05, 3.63) is 81.3 Å². The quantitative estimate of drug-likeness (QED) is 0.176. The van der Waals surface area contributed by atoms with Gasteiger partial charge in [-0.3, -0.25) is 15.5 Å². The number of rotatable bonds is 7. The number of fused-ring (bicyclic) bond motifs is 1. The Morgan fingerprint density at radius 1 is 1.06 bits per heavy atom. The summed E-state index contributed by atoms with van der Waals surface area (Å²) >= 11 is 5.86. The average molecular weight is 495 g/mol. The second-order valence-electron chi connectivity index (χ2n) is 6.93. The van der Waals surface area contributed by atoms with Crippen molar-refractivity contribution in [3.63, 3.8) is 0 Å². The molecule has 5 aromatic rings. The van der Waals surface area contributed by atoms with E-state index in [1.54, 1.807) is 30.3 Å². The molecular formula is C21H12ClFN8O4. The van der Waals surface area contributed by atoms with Crippen molar-refractivity contribution in [2.75, 3.05) is 10.7 Å². The minimum Gasteiger partial charge on any atom is -0.455 e. The Hall–Kier alpha value is -4.91. The molecule has 14 heteroatoms. The average Bonchev–Trinajstić information content (AvgIpc) is 3.50. The Bertz CT molecular complexity index is 1580. The number of nitro benzene ring substituents is 1. The Morgan fingerprint density at radius 3 is 2.60 bits per heavy atom. The van der Waals surface area contributed by atoms with Crippen molar-refractivity contribution in [1.29, 1.82) is 0 Å². The summed E-state index contributed by atoms with van der Waals surface area (Å²) in [5.41, 5.74) is 3.34. The van der Waals surface area contributed by atoms with E-state index in [1.165, 1.54) is 30.5 Å². The fraction of sp³-hybridized carbons (Fsp3) is 0. The molecule has 0 amide bonds. The molecule has 0 spiro atoms. The number of nitrogens with zero attached hydrogens (tertiary/aromatic N) is 6. The normalized spacial score (nSPS) is 11.3. The summed E-state index contributed by atoms with van der Waals surface area (Å²) < 4.78 is 24.4. The van der Waals surface area contributed by atoms with Gasteiger partial charge in [0.1, 0.15) is 22.4 Å². The standard InChI is InChI=1S/C21H12ClFN8O4/c22-13-7-5-11(9-16(13)31(32)33)17-8-6-12(34-17)10-24-28-19-18(25-15-4-2-1-3-14(15)23)26-20-21(27-19)30-35-29-20/h1-10H,(H,25,26,29)(H,27,28,30). The minimum atomic E-state index is -0.573. The Labute approximate surface area is 199 Å². The van der Waals surface area contributed by atoms with Crippen LogP contribution in [0.3, 0.4) is 0 Å². The lowest BCUT2D eigenvalue weighted by Crippen LogP contribution is -2.04. The topological polar surface area (TPSA) is 157 Å². The van der Waals surface area contributed by atoms with Gasteiger partial charge in [-0.15, -0.1) is 0 Å². The number of hydrogen-bond donors (Lipinski definition) is 2. The van der Waals surface area contributed by atoms with Gasteiger partial charge in [0.05, 0.1) is 16.8 Å². The van der Waals surface area contributed by atoms with Crippen LogP contribution in [-0.2, 0) is 0 Å². The molecule has 2 N–H and O–H groups in total. The van der Waals surface area contributed by atoms with Crippen molar-refractivity contribution in [1.82, 2.24) is 20.3 Å². The molecule has 2 aromatic carbocycles. The number of halogens is 2. The van der Waals surface area contributed by atoms with Crippen LogP contribution in [0.2, 0.25) is 5.02 Å². The van der Waals surface area contributed by atoms with Crippen molar-refractivity contribution >= 4 is 52.1 Å². The molecule has 0 aliphatic carbocycles. The van der Waals surface area contributed by atoms with Crippen molar-refractivity contribution in [2.24, 2.45) is 5.10 Å². The molecule has 35 heavy (non-hydrogen) atoms. The molecule has 0 saturated heterocycles. The highest BCUT2D eigenvalue weighted by atomic mass is 35.5. The molecule has 0 fully saturated rings. The Morgan fingerprint density at radius 2 is 1.83 bits per heavy atom. The fourth-order valence-electron chi connectivity index (χ4n) is 3.03. The summed E-state index contributed by atoms with van der Waals surface area (Å²) in [4.78, 5) is 19.0. The zero-order valence-electron chi connectivity index (χ0n) is 17.3. The maximum atomic E-state index is 14.1. The Balaban J connectivity index is 1.38. The van der Waals surface area contributed by atoms with Crippen molar-refractivity contribution in [3.8, 4) is 11.3 Å². The number of anilines is 3. The highest BCUT2D eigenvalue weighted by Crippen LogP contribution is 2.31. The van der Waals surface area contributed by atoms with E-state index in [4.69, 9.17) is 16.0 Å². The molecule has 5 rings (SSSR count). The van der Waals surface area contributed by atoms with Gasteiger partial charge in [-0.25, -0.2) is 14.0 Å². The lowest BCUT2D eigenvalue weighted by atomic mass is 10.1. The molecule has 174 valence electrons. The number of aromatic nitrogens is 4. The largest absolute Gasteiger partial charge is 0.455 e. The molecule has 12 nitrogen and oxygen atoms in total. The number of hydrazone groups is 1. The summed E-state index contributed by atoms with van der Waals surface area (Å²) in [6.45, 7) is 0. The second-order valence-corrected chi connectivity index (χ2v) is 7.34. The number of para-hydroxylation sites is 1. The van der Waals surface area contributed by atoms with Gasteiger partial charge in [-0.2, -0.15) is 10.1 Å². The van der Waals surface area contributed by atoms with E-state index in [0.29, 0.717) is 17.1 Å². The van der Waals surface area contributed by atoms with E-state index in [0.717, 1.165) is 0 Å². The van der Waals surface area contributed by atoms with Gasteiger partial charge in [0.2, 0.25) is 11.3 Å². The molecule has 0 saturated carbocycles. The van der Waals surface area contributed by atoms with E-state index >= 15 is 0 Å². The molecular weight excluding hydrogens is 483 g/mol. The summed E-state index contributed by atoms with van der Waals surface area (Å²) in [6.07, 6.45) is 1.35. The molecule has 0 atom stereocenters. The summed E-state index contributed by atoms with van der Waals surface area (Å²) in [5.74, 6) is 0.471. The van der Waals surface area contributed by atoms with E-state index in [-0.39, 0.29) is 39.3 Å². The van der Waals surface area contributed by atoms with Gasteiger partial charge in [0.15, 0.2) is 11.6 Å². The van der Waals surface area contributed by atoms with Crippen LogP contribution in [0.1, 0.15) is 5.76 Å². The molecule has 0 aliphatic rings. The second kappa shape index (κ2) is 9.15. The van der Waals surface area contributed by atoms with Crippen molar-refractivity contribution < 1.29 is 18.4 Å². The van der Waals surface area contributed by atoms with Gasteiger partial charge in [0.25, 0.3) is 5.69 Å². The van der Waals surface area contributed by atoms with Crippen molar-refractivity contribution in [2.45, 2.75) is 0 Å². The van der Waals surface area contributed by atoms with E-state index in [2.05, 4.69) is 40.8 Å². The number of nitrogens with one attached hydrogen (secondary N) is 2. The van der Waals surface area contributed by atoms with E-state index < -0.39 is 10.7 Å². The first-order valence-electron chi connectivity index (χ1n) is 9.83. The Kier molecular flexibility index (Phi) is 5.73. The van der Waals surface area contributed by atoms with Crippen LogP contribution >= 0.6 is 11.6 Å². The van der Waals surface area contributed by atoms with Crippen LogP contribution in [-0.4, -0.2) is 31.4 Å². The van der Waals surface area contributed by atoms with Crippen LogP contribution in [0.15, 0.2) is 68.7 Å². The third-order valence-electron chi connectivity index (χ3n) is 4.66. The maximum absolute atomic E-state index is 14.1. The number of benzene rings is 2. The number of nitro groups is 1. The summed E-state index contributed by atoms with van der Waals surface area (Å²) in [5, 5.41) is 25.3. The maximum Gasteiger partial charge on any atom is 0.288 e. The first-order chi connectivity index (χ1) is 17.0.